The van der Waals surface area contributed by atoms with Crippen molar-refractivity contribution in [1.82, 2.24) is 4.98 Å². The van der Waals surface area contributed by atoms with Gasteiger partial charge in [-0.2, -0.15) is 0 Å². The first-order valence-corrected chi connectivity index (χ1v) is 11.3. The maximum absolute atomic E-state index is 12.5. The zero-order chi connectivity index (χ0) is 19.6. The van der Waals surface area contributed by atoms with Gasteiger partial charge in [0.05, 0.1) is 15.1 Å². The fraction of sp³-hybridized carbons (Fsp3) is 0.263. The second-order valence-electron chi connectivity index (χ2n) is 6.09. The number of anilines is 2. The lowest BCUT2D eigenvalue weighted by atomic mass is 10.2. The van der Waals surface area contributed by atoms with Crippen LogP contribution in [0.5, 0.6) is 0 Å². The number of hydrogen-bond acceptors (Lipinski definition) is 6. The maximum Gasteiger partial charge on any atom is 0.257 e. The lowest BCUT2D eigenvalue weighted by molar-refractivity contribution is 0.102. The average Bonchev–Trinajstić information content (AvgIpc) is 3.04. The maximum atomic E-state index is 12.5. The predicted octanol–water partition coefficient (Wildman–Crippen LogP) is 3.80. The van der Waals surface area contributed by atoms with Crippen LogP contribution in [-0.4, -0.2) is 38.7 Å². The molecule has 2 aromatic carbocycles. The molecule has 1 heterocycles. The number of nitrogens with one attached hydrogen (secondary N) is 1. The normalized spacial score (nSPS) is 11.5. The fourth-order valence-electron chi connectivity index (χ4n) is 2.77. The zero-order valence-corrected chi connectivity index (χ0v) is 17.0. The van der Waals surface area contributed by atoms with Gasteiger partial charge >= 0.3 is 0 Å². The number of sulfone groups is 1. The van der Waals surface area contributed by atoms with Gasteiger partial charge in [-0.15, -0.1) is 0 Å². The Morgan fingerprint density at radius 2 is 1.78 bits per heavy atom. The number of aromatic nitrogens is 1. The minimum absolute atomic E-state index is 0.239. The Kier molecular flexibility index (Phi) is 5.48. The molecule has 0 atom stereocenters. The molecule has 3 aromatic rings. The third-order valence-electron chi connectivity index (χ3n) is 4.27. The number of fused-ring (bicyclic) bond motifs is 1. The van der Waals surface area contributed by atoms with Crippen molar-refractivity contribution in [3.8, 4) is 0 Å². The monoisotopic (exact) mass is 403 g/mol. The summed E-state index contributed by atoms with van der Waals surface area (Å²) in [5.74, 6) is -0.247. The van der Waals surface area contributed by atoms with Crippen molar-refractivity contribution in [1.29, 1.82) is 0 Å². The SMILES string of the molecule is CCN(CC)c1ccc(C(=O)Nc2nc3ccc(S(C)(=O)=O)cc3s2)cc1. The quantitative estimate of drug-likeness (QED) is 0.677. The number of nitrogens with zero attached hydrogens (tertiary/aromatic N) is 2. The molecule has 0 aliphatic carbocycles. The number of rotatable bonds is 6. The summed E-state index contributed by atoms with van der Waals surface area (Å²) in [6.45, 7) is 5.99. The first kappa shape index (κ1) is 19.3. The zero-order valence-electron chi connectivity index (χ0n) is 15.4. The van der Waals surface area contributed by atoms with E-state index in [4.69, 9.17) is 0 Å². The first-order valence-electron chi connectivity index (χ1n) is 8.58. The number of carbonyl (C=O) groups excluding carboxylic acids is 1. The Morgan fingerprint density at radius 3 is 2.37 bits per heavy atom. The molecule has 0 saturated carbocycles. The number of carbonyl (C=O) groups is 1. The van der Waals surface area contributed by atoms with Crippen LogP contribution in [0.3, 0.4) is 0 Å². The molecule has 0 aliphatic rings. The van der Waals surface area contributed by atoms with Crippen LogP contribution in [0.4, 0.5) is 10.8 Å². The van der Waals surface area contributed by atoms with E-state index in [1.807, 2.05) is 12.1 Å². The molecule has 8 heteroatoms. The summed E-state index contributed by atoms with van der Waals surface area (Å²) in [6.07, 6.45) is 1.17. The molecular weight excluding hydrogens is 382 g/mol. The highest BCUT2D eigenvalue weighted by Crippen LogP contribution is 2.28. The van der Waals surface area contributed by atoms with E-state index in [9.17, 15) is 13.2 Å². The highest BCUT2D eigenvalue weighted by molar-refractivity contribution is 7.90. The highest BCUT2D eigenvalue weighted by Gasteiger charge is 2.13. The van der Waals surface area contributed by atoms with Crippen molar-refractivity contribution >= 4 is 48.1 Å². The molecule has 0 saturated heterocycles. The first-order chi connectivity index (χ1) is 12.8. The van der Waals surface area contributed by atoms with E-state index in [0.717, 1.165) is 18.8 Å². The molecule has 0 unspecified atom stereocenters. The van der Waals surface area contributed by atoms with Gasteiger partial charge in [-0.1, -0.05) is 11.3 Å². The smallest absolute Gasteiger partial charge is 0.257 e. The van der Waals surface area contributed by atoms with E-state index in [-0.39, 0.29) is 10.8 Å². The lowest BCUT2D eigenvalue weighted by Crippen LogP contribution is -2.21. The van der Waals surface area contributed by atoms with E-state index in [0.29, 0.717) is 20.9 Å². The summed E-state index contributed by atoms with van der Waals surface area (Å²) < 4.78 is 24.1. The minimum atomic E-state index is -3.28. The van der Waals surface area contributed by atoms with E-state index in [1.54, 1.807) is 24.3 Å². The van der Waals surface area contributed by atoms with Crippen molar-refractivity contribution in [2.75, 3.05) is 29.6 Å². The van der Waals surface area contributed by atoms with Crippen LogP contribution in [0, 0.1) is 0 Å². The van der Waals surface area contributed by atoms with Gasteiger partial charge < -0.3 is 4.90 Å². The summed E-state index contributed by atoms with van der Waals surface area (Å²) in [4.78, 5) is 19.3. The van der Waals surface area contributed by atoms with Crippen LogP contribution in [0.15, 0.2) is 47.4 Å². The van der Waals surface area contributed by atoms with Crippen molar-refractivity contribution in [2.24, 2.45) is 0 Å². The Bertz CT molecular complexity index is 1070. The van der Waals surface area contributed by atoms with Crippen LogP contribution in [0.25, 0.3) is 10.2 Å². The van der Waals surface area contributed by atoms with Crippen molar-refractivity contribution < 1.29 is 13.2 Å². The van der Waals surface area contributed by atoms with Gasteiger partial charge in [0.25, 0.3) is 5.91 Å². The molecule has 3 rings (SSSR count). The molecule has 6 nitrogen and oxygen atoms in total. The largest absolute Gasteiger partial charge is 0.372 e. The van der Waals surface area contributed by atoms with E-state index < -0.39 is 9.84 Å². The van der Waals surface area contributed by atoms with Crippen LogP contribution in [0.2, 0.25) is 0 Å². The third kappa shape index (κ3) is 4.28. The molecule has 1 N–H and O–H groups in total. The van der Waals surface area contributed by atoms with Crippen molar-refractivity contribution in [2.45, 2.75) is 18.7 Å². The van der Waals surface area contributed by atoms with Crippen molar-refractivity contribution in [3.63, 3.8) is 0 Å². The number of benzene rings is 2. The van der Waals surface area contributed by atoms with Gasteiger partial charge in [-0.3, -0.25) is 10.1 Å². The van der Waals surface area contributed by atoms with Crippen molar-refractivity contribution in [3.05, 3.63) is 48.0 Å². The van der Waals surface area contributed by atoms with Gasteiger partial charge in [-0.25, -0.2) is 13.4 Å². The van der Waals surface area contributed by atoms with E-state index in [2.05, 4.69) is 29.0 Å². The van der Waals surface area contributed by atoms with Crippen LogP contribution in [-0.2, 0) is 9.84 Å². The van der Waals surface area contributed by atoms with Crippen LogP contribution >= 0.6 is 11.3 Å². The van der Waals surface area contributed by atoms with Gasteiger partial charge in [0, 0.05) is 30.6 Å². The molecule has 0 bridgehead atoms. The van der Waals surface area contributed by atoms with E-state index in [1.165, 1.54) is 23.7 Å². The number of thiazole rings is 1. The second kappa shape index (κ2) is 7.66. The Labute approximate surface area is 162 Å². The second-order valence-corrected chi connectivity index (χ2v) is 9.14. The molecule has 0 aliphatic heterocycles. The Hall–Kier alpha value is -2.45. The Morgan fingerprint density at radius 1 is 1.11 bits per heavy atom. The molecular formula is C19H21N3O3S2. The molecule has 1 amide bonds. The summed E-state index contributed by atoms with van der Waals surface area (Å²) in [5, 5.41) is 3.23. The molecule has 0 spiro atoms. The molecule has 0 radical (unpaired) electrons. The summed E-state index contributed by atoms with van der Waals surface area (Å²) in [5.41, 5.74) is 2.27. The third-order valence-corrected chi connectivity index (χ3v) is 6.31. The molecule has 1 aromatic heterocycles. The molecule has 27 heavy (non-hydrogen) atoms. The Balaban J connectivity index is 1.79. The van der Waals surface area contributed by atoms with Crippen LogP contribution < -0.4 is 10.2 Å². The molecule has 0 fully saturated rings. The molecule has 142 valence electrons. The summed E-state index contributed by atoms with van der Waals surface area (Å²) in [7, 11) is -3.28. The topological polar surface area (TPSA) is 79.4 Å². The number of amides is 1. The highest BCUT2D eigenvalue weighted by atomic mass is 32.2. The van der Waals surface area contributed by atoms with Gasteiger partial charge in [0.2, 0.25) is 0 Å². The van der Waals surface area contributed by atoms with Crippen LogP contribution in [0.1, 0.15) is 24.2 Å². The summed E-state index contributed by atoms with van der Waals surface area (Å²) in [6, 6.07) is 12.2. The average molecular weight is 404 g/mol. The van der Waals surface area contributed by atoms with E-state index >= 15 is 0 Å². The predicted molar refractivity (Wildman–Crippen MR) is 111 cm³/mol. The lowest BCUT2D eigenvalue weighted by Gasteiger charge is -2.20. The minimum Gasteiger partial charge on any atom is -0.372 e. The standard InChI is InChI=1S/C19H21N3O3S2/c1-4-22(5-2)14-8-6-13(7-9-14)18(23)21-19-20-16-11-10-15(27(3,24)25)12-17(16)26-19/h6-12H,4-5H2,1-3H3,(H,20,21,23). The van der Waals surface area contributed by atoms with Gasteiger partial charge in [-0.05, 0) is 56.3 Å². The van der Waals surface area contributed by atoms with Gasteiger partial charge in [0.15, 0.2) is 15.0 Å². The number of hydrogen-bond donors (Lipinski definition) is 1. The van der Waals surface area contributed by atoms with Gasteiger partial charge in [0.1, 0.15) is 0 Å². The summed E-state index contributed by atoms with van der Waals surface area (Å²) >= 11 is 1.25. The fourth-order valence-corrected chi connectivity index (χ4v) is 4.39.